The topological polar surface area (TPSA) is 34.0 Å². The molecule has 0 spiro atoms. The Kier molecular flexibility index (Phi) is 6.43. The summed E-state index contributed by atoms with van der Waals surface area (Å²) in [7, 11) is 0. The molecular formula is C40H28N4. The van der Waals surface area contributed by atoms with Gasteiger partial charge < -0.3 is 9.47 Å². The van der Waals surface area contributed by atoms with Gasteiger partial charge in [-0.3, -0.25) is 9.97 Å². The van der Waals surface area contributed by atoms with Gasteiger partial charge in [0.1, 0.15) is 0 Å². The smallest absolute Gasteiger partial charge is 0.0885 e. The average Bonchev–Trinajstić information content (AvgIpc) is 3.44. The Bertz CT molecular complexity index is 2150. The highest BCUT2D eigenvalue weighted by Crippen LogP contribution is 2.39. The first-order valence-corrected chi connectivity index (χ1v) is 14.7. The highest BCUT2D eigenvalue weighted by molar-refractivity contribution is 6.10. The zero-order valence-electron chi connectivity index (χ0n) is 24.0. The second-order valence-corrected chi connectivity index (χ2v) is 10.8. The van der Waals surface area contributed by atoms with Crippen molar-refractivity contribution in [2.45, 2.75) is 0 Å². The van der Waals surface area contributed by atoms with E-state index in [4.69, 9.17) is 0 Å². The van der Waals surface area contributed by atoms with Crippen LogP contribution < -0.4 is 4.90 Å². The summed E-state index contributed by atoms with van der Waals surface area (Å²) in [5.74, 6) is 0. The van der Waals surface area contributed by atoms with E-state index in [1.807, 2.05) is 0 Å². The third-order valence-electron chi connectivity index (χ3n) is 8.15. The Balaban J connectivity index is 1.20. The van der Waals surface area contributed by atoms with Crippen LogP contribution >= 0.6 is 0 Å². The van der Waals surface area contributed by atoms with Crippen molar-refractivity contribution in [1.29, 1.82) is 0 Å². The van der Waals surface area contributed by atoms with Gasteiger partial charge in [0.15, 0.2) is 0 Å². The van der Waals surface area contributed by atoms with Gasteiger partial charge >= 0.3 is 0 Å². The standard InChI is InChI=1S/C40H28N4/c1-3-9-32(10-4-1)43(33-11-5-2-6-12-33)35-23-24-40-37(27-35)36-13-7-8-14-39(36)44(40)34-21-19-30(20-22-34)29-15-17-31(18-16-29)38-28-41-25-26-42-38/h1-28H. The normalized spacial score (nSPS) is 11.2. The van der Waals surface area contributed by atoms with Crippen molar-refractivity contribution >= 4 is 38.9 Å². The zero-order chi connectivity index (χ0) is 29.3. The van der Waals surface area contributed by atoms with E-state index >= 15 is 0 Å². The molecule has 4 heteroatoms. The second kappa shape index (κ2) is 11.0. The summed E-state index contributed by atoms with van der Waals surface area (Å²) in [6.07, 6.45) is 5.21. The molecule has 6 aromatic carbocycles. The molecule has 2 heterocycles. The average molecular weight is 565 g/mol. The van der Waals surface area contributed by atoms with E-state index in [1.165, 1.54) is 27.4 Å². The monoisotopic (exact) mass is 564 g/mol. The number of rotatable bonds is 6. The van der Waals surface area contributed by atoms with Crippen LogP contribution in [0.1, 0.15) is 0 Å². The summed E-state index contributed by atoms with van der Waals surface area (Å²) in [6, 6.07) is 53.9. The lowest BCUT2D eigenvalue weighted by molar-refractivity contribution is 1.18. The Morgan fingerprint density at radius 1 is 0.455 bits per heavy atom. The van der Waals surface area contributed by atoms with Gasteiger partial charge in [-0.05, 0) is 71.8 Å². The molecule has 208 valence electrons. The zero-order valence-corrected chi connectivity index (χ0v) is 24.0. The first kappa shape index (κ1) is 25.7. The number of hydrogen-bond donors (Lipinski definition) is 0. The van der Waals surface area contributed by atoms with E-state index in [1.54, 1.807) is 18.6 Å². The number of anilines is 3. The maximum absolute atomic E-state index is 4.42. The van der Waals surface area contributed by atoms with E-state index < -0.39 is 0 Å². The molecule has 0 radical (unpaired) electrons. The summed E-state index contributed by atoms with van der Waals surface area (Å²) in [5, 5.41) is 2.45. The lowest BCUT2D eigenvalue weighted by Crippen LogP contribution is -2.09. The van der Waals surface area contributed by atoms with Crippen molar-refractivity contribution in [2.24, 2.45) is 0 Å². The van der Waals surface area contributed by atoms with Gasteiger partial charge in [0.25, 0.3) is 0 Å². The van der Waals surface area contributed by atoms with Crippen molar-refractivity contribution in [3.63, 3.8) is 0 Å². The molecule has 0 saturated carbocycles. The van der Waals surface area contributed by atoms with Crippen LogP contribution in [-0.2, 0) is 0 Å². The Hall–Kier alpha value is -6.00. The fourth-order valence-corrected chi connectivity index (χ4v) is 6.06. The summed E-state index contributed by atoms with van der Waals surface area (Å²) in [4.78, 5) is 10.9. The summed E-state index contributed by atoms with van der Waals surface area (Å²) < 4.78 is 2.37. The van der Waals surface area contributed by atoms with Crippen molar-refractivity contribution in [3.05, 3.63) is 170 Å². The van der Waals surface area contributed by atoms with Gasteiger partial charge in [-0.1, -0.05) is 91.0 Å². The first-order valence-electron chi connectivity index (χ1n) is 14.7. The predicted molar refractivity (Wildman–Crippen MR) is 182 cm³/mol. The minimum atomic E-state index is 0.875. The number of hydrogen-bond acceptors (Lipinski definition) is 3. The largest absolute Gasteiger partial charge is 0.310 e. The molecule has 0 fully saturated rings. The number of aromatic nitrogens is 3. The van der Waals surface area contributed by atoms with Crippen LogP contribution in [0.5, 0.6) is 0 Å². The lowest BCUT2D eigenvalue weighted by Gasteiger charge is -2.25. The van der Waals surface area contributed by atoms with Crippen molar-refractivity contribution in [3.8, 4) is 28.1 Å². The second-order valence-electron chi connectivity index (χ2n) is 10.8. The van der Waals surface area contributed by atoms with E-state index in [0.717, 1.165) is 39.6 Å². The molecule has 0 N–H and O–H groups in total. The number of nitrogens with zero attached hydrogens (tertiary/aromatic N) is 4. The van der Waals surface area contributed by atoms with Crippen LogP contribution in [0.2, 0.25) is 0 Å². The highest BCUT2D eigenvalue weighted by Gasteiger charge is 2.17. The number of benzene rings is 6. The molecule has 44 heavy (non-hydrogen) atoms. The third-order valence-corrected chi connectivity index (χ3v) is 8.15. The molecule has 0 atom stereocenters. The molecule has 0 aliphatic carbocycles. The van der Waals surface area contributed by atoms with Crippen LogP contribution in [0.4, 0.5) is 17.1 Å². The number of para-hydroxylation sites is 3. The molecule has 8 aromatic rings. The van der Waals surface area contributed by atoms with E-state index in [2.05, 4.69) is 171 Å². The Morgan fingerprint density at radius 2 is 1.05 bits per heavy atom. The minimum absolute atomic E-state index is 0.875. The van der Waals surface area contributed by atoms with E-state index in [-0.39, 0.29) is 0 Å². The fourth-order valence-electron chi connectivity index (χ4n) is 6.06. The molecule has 0 aliphatic heterocycles. The summed E-state index contributed by atoms with van der Waals surface area (Å²) >= 11 is 0. The van der Waals surface area contributed by atoms with Gasteiger partial charge in [0, 0.05) is 51.5 Å². The maximum Gasteiger partial charge on any atom is 0.0885 e. The van der Waals surface area contributed by atoms with Crippen molar-refractivity contribution in [1.82, 2.24) is 14.5 Å². The summed E-state index contributed by atoms with van der Waals surface area (Å²) in [6.45, 7) is 0. The van der Waals surface area contributed by atoms with Crippen LogP contribution in [0.15, 0.2) is 170 Å². The number of fused-ring (bicyclic) bond motifs is 3. The Morgan fingerprint density at radius 3 is 1.70 bits per heavy atom. The third kappa shape index (κ3) is 4.59. The van der Waals surface area contributed by atoms with Crippen molar-refractivity contribution < 1.29 is 0 Å². The molecule has 0 amide bonds. The molecular weight excluding hydrogens is 536 g/mol. The quantitative estimate of drug-likeness (QED) is 0.201. The van der Waals surface area contributed by atoms with Crippen LogP contribution in [-0.4, -0.2) is 14.5 Å². The molecule has 8 rings (SSSR count). The van der Waals surface area contributed by atoms with E-state index in [0.29, 0.717) is 0 Å². The Labute approximate surface area is 256 Å². The van der Waals surface area contributed by atoms with Gasteiger partial charge in [0.2, 0.25) is 0 Å². The van der Waals surface area contributed by atoms with Gasteiger partial charge in [-0.2, -0.15) is 0 Å². The molecule has 0 unspecified atom stereocenters. The van der Waals surface area contributed by atoms with Crippen molar-refractivity contribution in [2.75, 3.05) is 4.90 Å². The lowest BCUT2D eigenvalue weighted by atomic mass is 10.0. The summed E-state index contributed by atoms with van der Waals surface area (Å²) in [5.41, 5.74) is 11.1. The van der Waals surface area contributed by atoms with Gasteiger partial charge in [-0.15, -0.1) is 0 Å². The molecule has 4 nitrogen and oxygen atoms in total. The van der Waals surface area contributed by atoms with Gasteiger partial charge in [-0.25, -0.2) is 0 Å². The van der Waals surface area contributed by atoms with Crippen LogP contribution in [0.3, 0.4) is 0 Å². The van der Waals surface area contributed by atoms with Gasteiger partial charge in [0.05, 0.1) is 22.9 Å². The fraction of sp³-hybridized carbons (Fsp3) is 0. The van der Waals surface area contributed by atoms with Crippen LogP contribution in [0, 0.1) is 0 Å². The van der Waals surface area contributed by atoms with E-state index in [9.17, 15) is 0 Å². The predicted octanol–water partition coefficient (Wildman–Crippen LogP) is 10.4. The molecule has 2 aromatic heterocycles. The highest BCUT2D eigenvalue weighted by atomic mass is 15.1. The minimum Gasteiger partial charge on any atom is -0.310 e. The van der Waals surface area contributed by atoms with Crippen LogP contribution in [0.25, 0.3) is 49.9 Å². The maximum atomic E-state index is 4.42. The first-order chi connectivity index (χ1) is 21.8. The molecule has 0 saturated heterocycles. The molecule has 0 bridgehead atoms. The molecule has 0 aliphatic rings. The SMILES string of the molecule is c1ccc(N(c2ccccc2)c2ccc3c(c2)c2ccccc2n3-c2ccc(-c3ccc(-c4cnccn4)cc3)cc2)cc1.